The van der Waals surface area contributed by atoms with Gasteiger partial charge in [0.15, 0.2) is 24.9 Å². The van der Waals surface area contributed by atoms with Crippen LogP contribution in [0, 0.1) is 0 Å². The van der Waals surface area contributed by atoms with E-state index >= 15 is 0 Å². The Morgan fingerprint density at radius 2 is 0.491 bits per heavy atom. The highest BCUT2D eigenvalue weighted by molar-refractivity contribution is 5.83. The van der Waals surface area contributed by atoms with Gasteiger partial charge < -0.3 is 154 Å². The van der Waals surface area contributed by atoms with Crippen molar-refractivity contribution in [3.8, 4) is 0 Å². The Bertz CT molecular complexity index is 2610. The van der Waals surface area contributed by atoms with Crippen LogP contribution in [0.15, 0.2) is 0 Å². The van der Waals surface area contributed by atoms with Gasteiger partial charge in [-0.25, -0.2) is 0 Å². The number of nitrogens with zero attached hydrogens (tertiary/aromatic N) is 2. The van der Waals surface area contributed by atoms with E-state index in [2.05, 4.69) is 63.8 Å². The summed E-state index contributed by atoms with van der Waals surface area (Å²) in [6.07, 6.45) is -17.3. The van der Waals surface area contributed by atoms with E-state index in [1.807, 2.05) is 0 Å². The number of unbranched alkanes of at least 4 members (excludes halogenated alkanes) is 8. The van der Waals surface area contributed by atoms with Crippen LogP contribution in [0.2, 0.25) is 0 Å². The molecular weight excluding hydrogens is 1520 g/mol. The molecule has 44 nitrogen and oxygen atoms in total. The fourth-order valence-electron chi connectivity index (χ4n) is 12.9. The van der Waals surface area contributed by atoms with Crippen LogP contribution in [0.1, 0.15) is 130 Å². The summed E-state index contributed by atoms with van der Waals surface area (Å²) in [6.45, 7) is 2.16. The lowest BCUT2D eigenvalue weighted by Crippen LogP contribution is -2.68. The van der Waals surface area contributed by atoms with Gasteiger partial charge in [-0.15, -0.1) is 0 Å². The van der Waals surface area contributed by atoms with Gasteiger partial charge in [-0.1, -0.05) is 25.7 Å². The normalized spacial score (nSPS) is 27.4. The molecular formula is C70H124N14O30. The number of hydrogen-bond acceptors (Lipinski definition) is 32. The Balaban J connectivity index is 1.29. The minimum absolute atomic E-state index is 0.0126. The van der Waals surface area contributed by atoms with Crippen molar-refractivity contribution in [2.45, 2.75) is 253 Å². The quantitative estimate of drug-likeness (QED) is 0.0252. The van der Waals surface area contributed by atoms with Crippen molar-refractivity contribution in [2.24, 2.45) is 0 Å². The number of nitrogens with one attached hydrogen (secondary N) is 12. The summed E-state index contributed by atoms with van der Waals surface area (Å²) < 4.78 is 34.0. The van der Waals surface area contributed by atoms with Crippen molar-refractivity contribution >= 4 is 70.9 Å². The molecule has 4 fully saturated rings. The predicted octanol–water partition coefficient (Wildman–Crippen LogP) is -11.4. The summed E-state index contributed by atoms with van der Waals surface area (Å²) >= 11 is 0. The molecule has 20 atom stereocenters. The molecule has 4 aliphatic rings. The zero-order chi connectivity index (χ0) is 84.4. The van der Waals surface area contributed by atoms with E-state index < -0.39 is 220 Å². The monoisotopic (exact) mass is 1640 g/mol. The van der Waals surface area contributed by atoms with E-state index in [1.54, 1.807) is 9.80 Å². The van der Waals surface area contributed by atoms with Crippen LogP contribution in [-0.2, 0) is 86.0 Å². The van der Waals surface area contributed by atoms with Gasteiger partial charge in [0, 0.05) is 92.6 Å². The third-order valence-electron chi connectivity index (χ3n) is 19.0. The van der Waals surface area contributed by atoms with Gasteiger partial charge in [0.05, 0.1) is 79.0 Å². The van der Waals surface area contributed by atoms with E-state index in [4.69, 9.17) is 28.4 Å². The Morgan fingerprint density at radius 3 is 0.684 bits per heavy atom. The molecule has 0 unspecified atom stereocenters. The number of ether oxygens (including phenoxy) is 6. The Hall–Kier alpha value is -7.16. The smallest absolute Gasteiger partial charge is 0.234 e. The van der Waals surface area contributed by atoms with E-state index in [0.29, 0.717) is 77.0 Å². The Labute approximate surface area is 660 Å². The molecule has 0 bridgehead atoms. The molecule has 4 saturated heterocycles. The summed E-state index contributed by atoms with van der Waals surface area (Å²) in [7, 11) is 0. The summed E-state index contributed by atoms with van der Waals surface area (Å²) in [5.74, 6) is -6.00. The number of aliphatic hydroxyl groups excluding tert-OH is 12. The van der Waals surface area contributed by atoms with Crippen LogP contribution in [-0.4, -0.2) is 383 Å². The maximum atomic E-state index is 13.3. The molecule has 24 N–H and O–H groups in total. The highest BCUT2D eigenvalue weighted by Crippen LogP contribution is 2.25. The second-order valence-electron chi connectivity index (χ2n) is 28.5. The molecule has 4 rings (SSSR count). The number of rotatable bonds is 53. The lowest BCUT2D eigenvalue weighted by molar-refractivity contribution is -0.203. The summed E-state index contributed by atoms with van der Waals surface area (Å²) in [6, 6.07) is -4.83. The minimum atomic E-state index is -1.56. The first-order chi connectivity index (χ1) is 54.3. The van der Waals surface area contributed by atoms with Gasteiger partial charge in [0.2, 0.25) is 70.9 Å². The standard InChI is InChI=1S/C70H124N14O30/c1-39(89)75-55-63(105)59(101)43(35-85)111-67(55)79-47(93)17-9-5-13-21-71-51(97)31-83(32-52(98)72-22-14-6-10-18-48(94)80-68-56(76-40(2)90)64(106)60(102)44(36-86)112-68)25-27-109-29-30-110-28-26-84(33-53(99)73-23-15-7-11-19-49(95)81-69-57(77-41(3)91)65(107)61(103)45(37-87)113-69)34-54(100)74-24-16-8-12-20-50(96)82-70-58(78-42(4)92)66(108)62(104)46(38-88)114-70/h43-46,55-70,85-88,101-108H,5-38H2,1-4H3,(H,71,97)(H,72,98)(H,73,99)(H,74,100)(H,75,89)(H,76,90)(H,77,91)(H,78,92)(H,79,93)(H,80,94)(H,81,95)(H,82,96)/t43-,44-,45-,46-,55-,56-,57-,58-,59-,60-,61-,62-,63-,64-,65-,66-,67-,68-,69-,70-/m1/s1. The van der Waals surface area contributed by atoms with Crippen LogP contribution >= 0.6 is 0 Å². The third-order valence-corrected chi connectivity index (χ3v) is 19.0. The SMILES string of the molecule is CC(=O)N[C@@H]1[C@@H](O)[C@H](O)[C@@H](CO)O[C@H]1NC(=O)CCCCCNC(=O)CN(CCOCCOCCN(CC(=O)NCCCCCC(=O)N[C@@H]1O[C@H](CO)[C@@H](O)[C@H](O)[C@H]1NC(C)=O)CC(=O)NCCCCCC(=O)N[C@@H]1O[C@H](CO)[C@@H](O)[C@H](O)[C@H]1NC(C)=O)CC(=O)NCCCCCC(=O)N[C@@H]1O[C@H](CO)[C@@H](O)[C@H](O)[C@H]1NC(C)=O. The van der Waals surface area contributed by atoms with E-state index in [-0.39, 0.29) is 118 Å². The molecule has 4 aliphatic heterocycles. The van der Waals surface area contributed by atoms with Gasteiger partial charge in [0.25, 0.3) is 0 Å². The molecule has 44 heteroatoms. The van der Waals surface area contributed by atoms with Crippen LogP contribution in [0.25, 0.3) is 0 Å². The molecule has 0 aromatic carbocycles. The molecule has 114 heavy (non-hydrogen) atoms. The van der Waals surface area contributed by atoms with Gasteiger partial charge in [-0.3, -0.25) is 67.3 Å². The van der Waals surface area contributed by atoms with Crippen LogP contribution < -0.4 is 63.8 Å². The molecule has 0 spiro atoms. The fraction of sp³-hybridized carbons (Fsp3) is 0.829. The second-order valence-corrected chi connectivity index (χ2v) is 28.5. The highest BCUT2D eigenvalue weighted by Gasteiger charge is 2.49. The topological polar surface area (TPSA) is 654 Å². The second kappa shape index (κ2) is 54.0. The molecule has 654 valence electrons. The van der Waals surface area contributed by atoms with E-state index in [1.165, 1.54) is 27.7 Å². The number of carbonyl (C=O) groups excluding carboxylic acids is 12. The lowest BCUT2D eigenvalue weighted by atomic mass is 9.95. The van der Waals surface area contributed by atoms with Crippen molar-refractivity contribution in [3.05, 3.63) is 0 Å². The van der Waals surface area contributed by atoms with Crippen LogP contribution in [0.5, 0.6) is 0 Å². The average molecular weight is 1640 g/mol. The van der Waals surface area contributed by atoms with Gasteiger partial charge in [-0.05, 0) is 51.4 Å². The Morgan fingerprint density at radius 1 is 0.281 bits per heavy atom. The molecule has 0 aromatic heterocycles. The molecule has 0 radical (unpaired) electrons. The maximum Gasteiger partial charge on any atom is 0.234 e. The summed E-state index contributed by atoms with van der Waals surface area (Å²) in [5, 5.41) is 153. The number of aliphatic hydroxyl groups is 12. The number of hydrogen-bond donors (Lipinski definition) is 24. The largest absolute Gasteiger partial charge is 0.394 e. The van der Waals surface area contributed by atoms with Crippen LogP contribution in [0.4, 0.5) is 0 Å². The van der Waals surface area contributed by atoms with Crippen molar-refractivity contribution in [1.29, 1.82) is 0 Å². The first kappa shape index (κ1) is 99.2. The van der Waals surface area contributed by atoms with E-state index in [9.17, 15) is 119 Å². The zero-order valence-electron chi connectivity index (χ0n) is 65.2. The highest BCUT2D eigenvalue weighted by atomic mass is 16.6. The molecule has 0 aromatic rings. The molecule has 4 heterocycles. The number of carbonyl (C=O) groups is 12. The molecule has 0 saturated carbocycles. The van der Waals surface area contributed by atoms with Crippen LogP contribution in [0.3, 0.4) is 0 Å². The predicted molar refractivity (Wildman–Crippen MR) is 394 cm³/mol. The maximum absolute atomic E-state index is 13.3. The summed E-state index contributed by atoms with van der Waals surface area (Å²) in [4.78, 5) is 155. The lowest BCUT2D eigenvalue weighted by Gasteiger charge is -2.42. The third kappa shape index (κ3) is 36.6. The van der Waals surface area contributed by atoms with Crippen molar-refractivity contribution in [1.82, 2.24) is 73.6 Å². The summed E-state index contributed by atoms with van der Waals surface area (Å²) in [5.41, 5.74) is 0. The number of amides is 12. The first-order valence-corrected chi connectivity index (χ1v) is 38.7. The Kier molecular flexibility index (Phi) is 46.9. The average Bonchev–Trinajstić information content (AvgIpc) is 0.824. The molecule has 12 amide bonds. The van der Waals surface area contributed by atoms with Crippen molar-refractivity contribution in [3.63, 3.8) is 0 Å². The van der Waals surface area contributed by atoms with Gasteiger partial charge >= 0.3 is 0 Å². The first-order valence-electron chi connectivity index (χ1n) is 38.7. The minimum Gasteiger partial charge on any atom is -0.394 e. The van der Waals surface area contributed by atoms with E-state index in [0.717, 1.165) is 0 Å². The molecule has 0 aliphatic carbocycles. The fourth-order valence-corrected chi connectivity index (χ4v) is 12.9. The zero-order valence-corrected chi connectivity index (χ0v) is 65.2. The van der Waals surface area contributed by atoms with Gasteiger partial charge in [-0.2, -0.15) is 0 Å². The van der Waals surface area contributed by atoms with Crippen molar-refractivity contribution in [2.75, 3.05) is 118 Å². The van der Waals surface area contributed by atoms with Gasteiger partial charge in [0.1, 0.15) is 97.4 Å². The van der Waals surface area contributed by atoms with Crippen molar-refractivity contribution < 1.29 is 147 Å².